The third kappa shape index (κ3) is 2.28. The van der Waals surface area contributed by atoms with E-state index in [1.54, 1.807) is 0 Å². The van der Waals surface area contributed by atoms with Crippen molar-refractivity contribution in [2.75, 3.05) is 10.5 Å². The SMILES string of the molecule is Cn1nccc1S(=O)(=O)Nc1cc(N)ccc1F. The normalized spacial score (nSPS) is 11.4. The number of nitrogen functional groups attached to an aromatic ring is 1. The van der Waals surface area contributed by atoms with Crippen LogP contribution >= 0.6 is 0 Å². The van der Waals surface area contributed by atoms with Gasteiger partial charge in [-0.05, 0) is 24.3 Å². The molecule has 8 heteroatoms. The van der Waals surface area contributed by atoms with Crippen molar-refractivity contribution in [2.45, 2.75) is 5.03 Å². The van der Waals surface area contributed by atoms with Gasteiger partial charge in [0.2, 0.25) is 0 Å². The van der Waals surface area contributed by atoms with E-state index in [-0.39, 0.29) is 16.4 Å². The van der Waals surface area contributed by atoms with Crippen LogP contribution in [0.5, 0.6) is 0 Å². The van der Waals surface area contributed by atoms with Crippen molar-refractivity contribution in [1.82, 2.24) is 9.78 Å². The van der Waals surface area contributed by atoms with Gasteiger partial charge in [0.25, 0.3) is 10.0 Å². The van der Waals surface area contributed by atoms with Gasteiger partial charge < -0.3 is 5.73 Å². The van der Waals surface area contributed by atoms with Crippen LogP contribution in [-0.4, -0.2) is 18.2 Å². The van der Waals surface area contributed by atoms with Gasteiger partial charge in [-0.15, -0.1) is 0 Å². The summed E-state index contributed by atoms with van der Waals surface area (Å²) in [6, 6.07) is 4.96. The predicted octanol–water partition coefficient (Wildman–Crippen LogP) is 0.942. The van der Waals surface area contributed by atoms with Gasteiger partial charge in [0.1, 0.15) is 5.82 Å². The highest BCUT2D eigenvalue weighted by Gasteiger charge is 2.19. The fraction of sp³-hybridized carbons (Fsp3) is 0.100. The monoisotopic (exact) mass is 270 g/mol. The maximum atomic E-state index is 13.4. The van der Waals surface area contributed by atoms with Crippen molar-refractivity contribution in [3.8, 4) is 0 Å². The van der Waals surface area contributed by atoms with E-state index >= 15 is 0 Å². The van der Waals surface area contributed by atoms with E-state index < -0.39 is 15.8 Å². The van der Waals surface area contributed by atoms with Crippen LogP contribution in [-0.2, 0) is 17.1 Å². The molecule has 0 aliphatic carbocycles. The second-order valence-electron chi connectivity index (χ2n) is 3.64. The van der Waals surface area contributed by atoms with Gasteiger partial charge in [-0.1, -0.05) is 0 Å². The quantitative estimate of drug-likeness (QED) is 0.812. The van der Waals surface area contributed by atoms with Gasteiger partial charge in [-0.2, -0.15) is 13.5 Å². The standard InChI is InChI=1S/C10H11FN4O2S/c1-15-10(4-5-13-15)18(16,17)14-9-6-7(12)2-3-8(9)11/h2-6,14H,12H2,1H3. The Morgan fingerprint density at radius 1 is 1.39 bits per heavy atom. The Labute approximate surface area is 103 Å². The highest BCUT2D eigenvalue weighted by molar-refractivity contribution is 7.92. The van der Waals surface area contributed by atoms with E-state index in [1.807, 2.05) is 0 Å². The lowest BCUT2D eigenvalue weighted by molar-refractivity contribution is 0.580. The van der Waals surface area contributed by atoms with E-state index in [9.17, 15) is 12.8 Å². The number of benzene rings is 1. The van der Waals surface area contributed by atoms with Crippen LogP contribution in [0.25, 0.3) is 0 Å². The van der Waals surface area contributed by atoms with E-state index in [2.05, 4.69) is 9.82 Å². The van der Waals surface area contributed by atoms with Crippen LogP contribution in [0.3, 0.4) is 0 Å². The Hall–Kier alpha value is -2.09. The van der Waals surface area contributed by atoms with E-state index in [1.165, 1.54) is 36.1 Å². The summed E-state index contributed by atoms with van der Waals surface area (Å²) in [7, 11) is -2.41. The average Bonchev–Trinajstić information content (AvgIpc) is 2.70. The van der Waals surface area contributed by atoms with Crippen LogP contribution < -0.4 is 10.5 Å². The van der Waals surface area contributed by atoms with Gasteiger partial charge in [0, 0.05) is 12.7 Å². The Morgan fingerprint density at radius 2 is 2.11 bits per heavy atom. The smallest absolute Gasteiger partial charge is 0.279 e. The molecule has 0 saturated carbocycles. The maximum absolute atomic E-state index is 13.4. The molecule has 0 unspecified atom stereocenters. The second-order valence-corrected chi connectivity index (χ2v) is 5.27. The molecule has 0 aliphatic rings. The molecule has 2 rings (SSSR count). The molecule has 96 valence electrons. The lowest BCUT2D eigenvalue weighted by Crippen LogP contribution is -2.17. The summed E-state index contributed by atoms with van der Waals surface area (Å²) in [6.07, 6.45) is 1.34. The van der Waals surface area contributed by atoms with E-state index in [0.29, 0.717) is 0 Å². The molecular weight excluding hydrogens is 259 g/mol. The number of anilines is 2. The number of sulfonamides is 1. The van der Waals surface area contributed by atoms with Crippen LogP contribution in [0.1, 0.15) is 0 Å². The Kier molecular flexibility index (Phi) is 2.95. The third-order valence-corrected chi connectivity index (χ3v) is 3.73. The number of aryl methyl sites for hydroxylation is 1. The van der Waals surface area contributed by atoms with Gasteiger partial charge in [0.15, 0.2) is 5.03 Å². The summed E-state index contributed by atoms with van der Waals surface area (Å²) in [4.78, 5) is 0. The van der Waals surface area contributed by atoms with Crippen LogP contribution in [0, 0.1) is 5.82 Å². The van der Waals surface area contributed by atoms with Gasteiger partial charge >= 0.3 is 0 Å². The molecule has 0 amide bonds. The first-order chi connectivity index (χ1) is 8.40. The Balaban J connectivity index is 2.40. The predicted molar refractivity (Wildman–Crippen MR) is 64.8 cm³/mol. The Bertz CT molecular complexity index is 681. The minimum absolute atomic E-state index is 0.0654. The van der Waals surface area contributed by atoms with Crippen LogP contribution in [0.4, 0.5) is 15.8 Å². The summed E-state index contributed by atoms with van der Waals surface area (Å²) in [6.45, 7) is 0. The molecular formula is C10H11FN4O2S. The molecule has 2 aromatic rings. The molecule has 0 bridgehead atoms. The average molecular weight is 270 g/mol. The number of nitrogens with one attached hydrogen (secondary N) is 1. The minimum atomic E-state index is -3.89. The summed E-state index contributed by atoms with van der Waals surface area (Å²) in [5, 5.41) is 3.68. The molecule has 0 radical (unpaired) electrons. The molecule has 1 aromatic heterocycles. The highest BCUT2D eigenvalue weighted by Crippen LogP contribution is 2.21. The zero-order valence-electron chi connectivity index (χ0n) is 9.46. The van der Waals surface area contributed by atoms with Crippen molar-refractivity contribution >= 4 is 21.4 Å². The second kappa shape index (κ2) is 4.30. The van der Waals surface area contributed by atoms with Crippen LogP contribution in [0.15, 0.2) is 35.5 Å². The van der Waals surface area contributed by atoms with Crippen molar-refractivity contribution < 1.29 is 12.8 Å². The number of aromatic nitrogens is 2. The van der Waals surface area contributed by atoms with E-state index in [4.69, 9.17) is 5.73 Å². The van der Waals surface area contributed by atoms with Crippen molar-refractivity contribution in [1.29, 1.82) is 0 Å². The Morgan fingerprint density at radius 3 is 2.72 bits per heavy atom. The molecule has 0 fully saturated rings. The largest absolute Gasteiger partial charge is 0.399 e. The first-order valence-corrected chi connectivity index (χ1v) is 6.44. The van der Waals surface area contributed by atoms with Crippen molar-refractivity contribution in [2.24, 2.45) is 7.05 Å². The fourth-order valence-electron chi connectivity index (χ4n) is 1.44. The molecule has 1 aromatic carbocycles. The van der Waals surface area contributed by atoms with E-state index in [0.717, 1.165) is 6.07 Å². The topological polar surface area (TPSA) is 90.0 Å². The lowest BCUT2D eigenvalue weighted by atomic mass is 10.3. The number of rotatable bonds is 3. The molecule has 1 heterocycles. The van der Waals surface area contributed by atoms with Gasteiger partial charge in [-0.25, -0.2) is 4.39 Å². The zero-order chi connectivity index (χ0) is 13.3. The molecule has 6 nitrogen and oxygen atoms in total. The van der Waals surface area contributed by atoms with Gasteiger partial charge in [-0.3, -0.25) is 9.40 Å². The van der Waals surface area contributed by atoms with Gasteiger partial charge in [0.05, 0.1) is 11.9 Å². The number of nitrogens with zero attached hydrogens (tertiary/aromatic N) is 2. The first kappa shape index (κ1) is 12.4. The van der Waals surface area contributed by atoms with Crippen molar-refractivity contribution in [3.63, 3.8) is 0 Å². The number of nitrogens with two attached hydrogens (primary N) is 1. The summed E-state index contributed by atoms with van der Waals surface area (Å²) in [5.41, 5.74) is 5.54. The summed E-state index contributed by atoms with van der Waals surface area (Å²) >= 11 is 0. The lowest BCUT2D eigenvalue weighted by Gasteiger charge is -2.09. The fourth-order valence-corrected chi connectivity index (χ4v) is 2.63. The molecule has 18 heavy (non-hydrogen) atoms. The zero-order valence-corrected chi connectivity index (χ0v) is 10.3. The number of hydrogen-bond donors (Lipinski definition) is 2. The highest BCUT2D eigenvalue weighted by atomic mass is 32.2. The molecule has 0 spiro atoms. The minimum Gasteiger partial charge on any atom is -0.399 e. The summed E-state index contributed by atoms with van der Waals surface area (Å²) in [5.74, 6) is -0.699. The molecule has 0 atom stereocenters. The number of hydrogen-bond acceptors (Lipinski definition) is 4. The van der Waals surface area contributed by atoms with Crippen LogP contribution in [0.2, 0.25) is 0 Å². The molecule has 0 aliphatic heterocycles. The first-order valence-electron chi connectivity index (χ1n) is 4.96. The maximum Gasteiger partial charge on any atom is 0.279 e. The summed E-state index contributed by atoms with van der Waals surface area (Å²) < 4.78 is 40.7. The third-order valence-electron chi connectivity index (χ3n) is 2.29. The number of halogens is 1. The molecule has 0 saturated heterocycles. The molecule has 3 N–H and O–H groups in total. The van der Waals surface area contributed by atoms with Crippen molar-refractivity contribution in [3.05, 3.63) is 36.3 Å².